The van der Waals surface area contributed by atoms with Gasteiger partial charge in [-0.15, -0.1) is 0 Å². The SMILES string of the molecule is Clc1ccc2[c]cccc2c1. The van der Waals surface area contributed by atoms with Crippen molar-refractivity contribution in [2.45, 2.75) is 0 Å². The van der Waals surface area contributed by atoms with Gasteiger partial charge in [0.15, 0.2) is 0 Å². The molecule has 11 heavy (non-hydrogen) atoms. The van der Waals surface area contributed by atoms with Gasteiger partial charge < -0.3 is 0 Å². The van der Waals surface area contributed by atoms with Gasteiger partial charge in [0.25, 0.3) is 0 Å². The zero-order valence-electron chi connectivity index (χ0n) is 5.84. The molecule has 0 N–H and O–H groups in total. The van der Waals surface area contributed by atoms with E-state index in [-0.39, 0.29) is 0 Å². The Morgan fingerprint density at radius 1 is 1.18 bits per heavy atom. The van der Waals surface area contributed by atoms with Gasteiger partial charge >= 0.3 is 0 Å². The molecule has 0 heterocycles. The summed E-state index contributed by atoms with van der Waals surface area (Å²) in [6.45, 7) is 0. The lowest BCUT2D eigenvalue weighted by molar-refractivity contribution is 1.74. The van der Waals surface area contributed by atoms with Crippen LogP contribution in [0.5, 0.6) is 0 Å². The molecule has 0 amide bonds. The highest BCUT2D eigenvalue weighted by Crippen LogP contribution is 2.17. The second-order valence-electron chi connectivity index (χ2n) is 2.40. The first-order valence-corrected chi connectivity index (χ1v) is 3.80. The number of halogens is 1. The quantitative estimate of drug-likeness (QED) is 0.556. The molecule has 53 valence electrons. The highest BCUT2D eigenvalue weighted by molar-refractivity contribution is 6.31. The van der Waals surface area contributed by atoms with Gasteiger partial charge in [0.2, 0.25) is 0 Å². The lowest BCUT2D eigenvalue weighted by atomic mass is 10.1. The fourth-order valence-electron chi connectivity index (χ4n) is 1.09. The molecule has 0 aliphatic heterocycles. The van der Waals surface area contributed by atoms with Gasteiger partial charge in [0.05, 0.1) is 0 Å². The van der Waals surface area contributed by atoms with Gasteiger partial charge in [0, 0.05) is 5.02 Å². The number of hydrogen-bond donors (Lipinski definition) is 0. The van der Waals surface area contributed by atoms with Crippen LogP contribution in [0.3, 0.4) is 0 Å². The highest BCUT2D eigenvalue weighted by atomic mass is 35.5. The summed E-state index contributed by atoms with van der Waals surface area (Å²) >= 11 is 5.80. The summed E-state index contributed by atoms with van der Waals surface area (Å²) in [7, 11) is 0. The molecule has 1 radical (unpaired) electrons. The minimum Gasteiger partial charge on any atom is -0.0843 e. The van der Waals surface area contributed by atoms with E-state index < -0.39 is 0 Å². The van der Waals surface area contributed by atoms with Gasteiger partial charge in [-0.2, -0.15) is 0 Å². The van der Waals surface area contributed by atoms with E-state index in [1.165, 1.54) is 0 Å². The summed E-state index contributed by atoms with van der Waals surface area (Å²) in [5.74, 6) is 0. The first-order valence-electron chi connectivity index (χ1n) is 3.42. The Morgan fingerprint density at radius 3 is 3.00 bits per heavy atom. The van der Waals surface area contributed by atoms with E-state index in [1.54, 1.807) is 0 Å². The summed E-state index contributed by atoms with van der Waals surface area (Å²) in [5, 5.41) is 3.02. The van der Waals surface area contributed by atoms with E-state index in [2.05, 4.69) is 6.07 Å². The predicted molar refractivity (Wildman–Crippen MR) is 47.8 cm³/mol. The zero-order chi connectivity index (χ0) is 7.68. The third kappa shape index (κ3) is 1.22. The number of rotatable bonds is 0. The van der Waals surface area contributed by atoms with Crippen molar-refractivity contribution in [2.75, 3.05) is 0 Å². The molecule has 0 unspecified atom stereocenters. The molecule has 0 aliphatic carbocycles. The summed E-state index contributed by atoms with van der Waals surface area (Å²) in [5.41, 5.74) is 0. The lowest BCUT2D eigenvalue weighted by Crippen LogP contribution is -1.70. The number of hydrogen-bond acceptors (Lipinski definition) is 0. The van der Waals surface area contributed by atoms with Crippen LogP contribution in [0.4, 0.5) is 0 Å². The lowest BCUT2D eigenvalue weighted by Gasteiger charge is -1.95. The van der Waals surface area contributed by atoms with E-state index in [0.717, 1.165) is 15.8 Å². The van der Waals surface area contributed by atoms with Crippen LogP contribution in [-0.4, -0.2) is 0 Å². The second kappa shape index (κ2) is 2.55. The van der Waals surface area contributed by atoms with Crippen molar-refractivity contribution in [3.05, 3.63) is 47.5 Å². The van der Waals surface area contributed by atoms with Gasteiger partial charge in [-0.1, -0.05) is 35.9 Å². The molecule has 0 fully saturated rings. The molecule has 2 aromatic rings. The largest absolute Gasteiger partial charge is 0.0843 e. The maximum Gasteiger partial charge on any atom is 0.0412 e. The van der Waals surface area contributed by atoms with E-state index in [4.69, 9.17) is 11.6 Å². The molecule has 0 aromatic heterocycles. The average molecular weight is 162 g/mol. The molecule has 0 saturated carbocycles. The fraction of sp³-hybridized carbons (Fsp3) is 0. The third-order valence-electron chi connectivity index (χ3n) is 1.62. The molecule has 2 rings (SSSR count). The third-order valence-corrected chi connectivity index (χ3v) is 1.86. The Kier molecular flexibility index (Phi) is 1.55. The molecule has 1 heteroatoms. The Labute approximate surface area is 70.4 Å². The molecule has 0 atom stereocenters. The van der Waals surface area contributed by atoms with Gasteiger partial charge in [-0.25, -0.2) is 0 Å². The first-order chi connectivity index (χ1) is 5.36. The standard InChI is InChI=1S/C10H6Cl/c11-10-6-5-8-3-1-2-4-9(8)7-10/h1-2,4-7H. The predicted octanol–water partition coefficient (Wildman–Crippen LogP) is 3.29. The second-order valence-corrected chi connectivity index (χ2v) is 2.84. The van der Waals surface area contributed by atoms with Crippen LogP contribution < -0.4 is 0 Å². The van der Waals surface area contributed by atoms with Crippen molar-refractivity contribution in [3.8, 4) is 0 Å². The van der Waals surface area contributed by atoms with Crippen LogP contribution in [0, 0.1) is 6.07 Å². The van der Waals surface area contributed by atoms with Crippen molar-refractivity contribution in [1.29, 1.82) is 0 Å². The molecular weight excluding hydrogens is 156 g/mol. The van der Waals surface area contributed by atoms with Crippen molar-refractivity contribution in [2.24, 2.45) is 0 Å². The minimum absolute atomic E-state index is 0.775. The van der Waals surface area contributed by atoms with Crippen LogP contribution in [0.2, 0.25) is 5.02 Å². The van der Waals surface area contributed by atoms with E-state index >= 15 is 0 Å². The van der Waals surface area contributed by atoms with Gasteiger partial charge in [-0.05, 0) is 29.0 Å². The monoisotopic (exact) mass is 161 g/mol. The number of benzene rings is 2. The zero-order valence-corrected chi connectivity index (χ0v) is 6.60. The normalized spacial score (nSPS) is 10.3. The Morgan fingerprint density at radius 2 is 2.09 bits per heavy atom. The number of fused-ring (bicyclic) bond motifs is 1. The topological polar surface area (TPSA) is 0 Å². The molecular formula is C10H6Cl. The fourth-order valence-corrected chi connectivity index (χ4v) is 1.27. The Balaban J connectivity index is 2.83. The van der Waals surface area contributed by atoms with E-state index in [1.807, 2.05) is 36.4 Å². The Bertz CT molecular complexity index is 379. The average Bonchev–Trinajstić information content (AvgIpc) is 2.04. The smallest absolute Gasteiger partial charge is 0.0412 e. The summed E-state index contributed by atoms with van der Waals surface area (Å²) < 4.78 is 0. The van der Waals surface area contributed by atoms with Crippen LogP contribution in [0.15, 0.2) is 36.4 Å². The highest BCUT2D eigenvalue weighted by Gasteiger charge is 1.91. The molecule has 2 aromatic carbocycles. The Hall–Kier alpha value is -1.01. The van der Waals surface area contributed by atoms with Crippen molar-refractivity contribution >= 4 is 22.4 Å². The summed E-state index contributed by atoms with van der Waals surface area (Å²) in [4.78, 5) is 0. The van der Waals surface area contributed by atoms with E-state index in [0.29, 0.717) is 0 Å². The maximum absolute atomic E-state index is 5.80. The molecule has 0 saturated heterocycles. The van der Waals surface area contributed by atoms with E-state index in [9.17, 15) is 0 Å². The van der Waals surface area contributed by atoms with Crippen molar-refractivity contribution < 1.29 is 0 Å². The first kappa shape index (κ1) is 6.68. The molecule has 0 bridgehead atoms. The van der Waals surface area contributed by atoms with Crippen molar-refractivity contribution in [1.82, 2.24) is 0 Å². The van der Waals surface area contributed by atoms with Crippen LogP contribution in [-0.2, 0) is 0 Å². The van der Waals surface area contributed by atoms with Crippen LogP contribution in [0.25, 0.3) is 10.8 Å². The van der Waals surface area contributed by atoms with Gasteiger partial charge in [-0.3, -0.25) is 0 Å². The van der Waals surface area contributed by atoms with Crippen LogP contribution >= 0.6 is 11.6 Å². The minimum atomic E-state index is 0.775. The maximum atomic E-state index is 5.80. The molecule has 0 spiro atoms. The summed E-state index contributed by atoms with van der Waals surface area (Å²) in [6, 6.07) is 14.8. The summed E-state index contributed by atoms with van der Waals surface area (Å²) in [6.07, 6.45) is 0. The van der Waals surface area contributed by atoms with Crippen LogP contribution in [0.1, 0.15) is 0 Å². The van der Waals surface area contributed by atoms with Crippen molar-refractivity contribution in [3.63, 3.8) is 0 Å². The van der Waals surface area contributed by atoms with Gasteiger partial charge in [0.1, 0.15) is 0 Å². The molecule has 0 aliphatic rings. The molecule has 0 nitrogen and oxygen atoms in total.